The van der Waals surface area contributed by atoms with E-state index in [0.717, 1.165) is 29.7 Å². The molecule has 2 heterocycles. The summed E-state index contributed by atoms with van der Waals surface area (Å²) in [4.78, 5) is 33.6. The van der Waals surface area contributed by atoms with Crippen molar-refractivity contribution in [1.29, 1.82) is 0 Å². The van der Waals surface area contributed by atoms with E-state index < -0.39 is 11.9 Å². The molecule has 176 valence electrons. The summed E-state index contributed by atoms with van der Waals surface area (Å²) in [5.74, 6) is -0.849. The molecule has 10 heteroatoms. The van der Waals surface area contributed by atoms with E-state index in [1.165, 1.54) is 0 Å². The Morgan fingerprint density at radius 1 is 1.00 bits per heavy atom. The number of rotatable bonds is 2. The van der Waals surface area contributed by atoms with Crippen LogP contribution in [-0.4, -0.2) is 67.4 Å². The summed E-state index contributed by atoms with van der Waals surface area (Å²) in [5.41, 5.74) is 3.65. The summed E-state index contributed by atoms with van der Waals surface area (Å²) >= 11 is 0. The Morgan fingerprint density at radius 3 is 2.27 bits per heavy atom. The molecule has 2 aliphatic rings. The van der Waals surface area contributed by atoms with Gasteiger partial charge in [-0.1, -0.05) is 6.07 Å². The number of aliphatic carboxylic acids is 2. The van der Waals surface area contributed by atoms with Crippen LogP contribution in [0.1, 0.15) is 27.0 Å². The average Bonchev–Trinajstić information content (AvgIpc) is 3.25. The number of carboxylic acid groups (broad SMARTS) is 2. The average molecular weight is 459 g/mol. The van der Waals surface area contributed by atoms with Gasteiger partial charge >= 0.3 is 11.9 Å². The van der Waals surface area contributed by atoms with E-state index in [1.54, 1.807) is 14.2 Å². The lowest BCUT2D eigenvalue weighted by Crippen LogP contribution is -2.24. The second kappa shape index (κ2) is 10.2. The van der Waals surface area contributed by atoms with Gasteiger partial charge in [0.1, 0.15) is 0 Å². The molecule has 0 spiro atoms. The van der Waals surface area contributed by atoms with E-state index in [9.17, 15) is 4.79 Å². The Morgan fingerprint density at radius 2 is 1.67 bits per heavy atom. The van der Waals surface area contributed by atoms with E-state index in [4.69, 9.17) is 38.7 Å². The van der Waals surface area contributed by atoms with Crippen LogP contribution in [0.3, 0.4) is 0 Å². The van der Waals surface area contributed by atoms with Gasteiger partial charge in [0.15, 0.2) is 28.8 Å². The van der Waals surface area contributed by atoms with E-state index in [-0.39, 0.29) is 12.6 Å². The molecule has 0 fully saturated rings. The Hall–Kier alpha value is -3.79. The van der Waals surface area contributed by atoms with Crippen molar-refractivity contribution in [2.75, 3.05) is 34.6 Å². The number of fused-ring (bicyclic) bond motifs is 3. The van der Waals surface area contributed by atoms with Crippen LogP contribution in [0, 0.1) is 0 Å². The van der Waals surface area contributed by atoms with E-state index in [1.807, 2.05) is 24.3 Å². The molecule has 2 aliphatic heterocycles. The monoisotopic (exact) mass is 459 g/mol. The molecule has 2 aromatic carbocycles. The lowest BCUT2D eigenvalue weighted by Gasteiger charge is -2.24. The molecule has 0 unspecified atom stereocenters. The first-order chi connectivity index (χ1) is 15.7. The van der Waals surface area contributed by atoms with E-state index in [0.29, 0.717) is 41.5 Å². The maximum atomic E-state index is 13.1. The van der Waals surface area contributed by atoms with Crippen molar-refractivity contribution in [2.24, 2.45) is 0 Å². The normalized spacial score (nSPS) is 14.8. The first-order valence-corrected chi connectivity index (χ1v) is 10.1. The molecule has 0 amide bonds. The molecule has 10 nitrogen and oxygen atoms in total. The number of carbonyl (C=O) groups excluding carboxylic acids is 1. The van der Waals surface area contributed by atoms with Gasteiger partial charge in [-0.05, 0) is 42.8 Å². The summed E-state index contributed by atoms with van der Waals surface area (Å²) in [5, 5.41) is 14.8. The Balaban J connectivity index is 0.000000454. The van der Waals surface area contributed by atoms with Crippen molar-refractivity contribution in [3.63, 3.8) is 0 Å². The maximum absolute atomic E-state index is 13.1. The fraction of sp³-hybridized carbons (Fsp3) is 0.348. The van der Waals surface area contributed by atoms with Crippen LogP contribution < -0.4 is 18.9 Å². The van der Waals surface area contributed by atoms with Gasteiger partial charge < -0.3 is 34.1 Å². The van der Waals surface area contributed by atoms with Crippen LogP contribution in [0.4, 0.5) is 0 Å². The Labute approximate surface area is 190 Å². The summed E-state index contributed by atoms with van der Waals surface area (Å²) in [7, 11) is 5.33. The molecule has 0 aromatic heterocycles. The van der Waals surface area contributed by atoms with Gasteiger partial charge in [0, 0.05) is 30.6 Å². The van der Waals surface area contributed by atoms with Gasteiger partial charge in [-0.15, -0.1) is 0 Å². The van der Waals surface area contributed by atoms with Crippen molar-refractivity contribution >= 4 is 17.7 Å². The number of ether oxygens (including phenoxy) is 4. The zero-order chi connectivity index (χ0) is 24.1. The second-order valence-corrected chi connectivity index (χ2v) is 7.50. The van der Waals surface area contributed by atoms with Gasteiger partial charge in [0.05, 0.1) is 14.2 Å². The minimum Gasteiger partial charge on any atom is -0.493 e. The van der Waals surface area contributed by atoms with Crippen molar-refractivity contribution in [3.05, 3.63) is 46.5 Å². The van der Waals surface area contributed by atoms with Gasteiger partial charge in [0.25, 0.3) is 0 Å². The first kappa shape index (κ1) is 23.9. The maximum Gasteiger partial charge on any atom is 0.414 e. The van der Waals surface area contributed by atoms with Gasteiger partial charge in [-0.25, -0.2) is 9.59 Å². The van der Waals surface area contributed by atoms with Gasteiger partial charge in [-0.2, -0.15) is 0 Å². The van der Waals surface area contributed by atoms with Crippen molar-refractivity contribution in [1.82, 2.24) is 4.90 Å². The highest BCUT2D eigenvalue weighted by atomic mass is 16.7. The number of ketones is 1. The number of likely N-dealkylation sites (N-methyl/N-ethyl adjacent to an activating group) is 1. The minimum absolute atomic E-state index is 0.0707. The molecule has 0 atom stereocenters. The number of carbonyl (C=O) groups is 3. The summed E-state index contributed by atoms with van der Waals surface area (Å²) in [6.07, 6.45) is 1.06. The number of methoxy groups -OCH3 is 2. The molecule has 0 saturated heterocycles. The molecule has 0 saturated carbocycles. The topological polar surface area (TPSA) is 132 Å². The molecule has 0 bridgehead atoms. The lowest BCUT2D eigenvalue weighted by molar-refractivity contribution is -0.159. The third kappa shape index (κ3) is 5.35. The highest BCUT2D eigenvalue weighted by Gasteiger charge is 2.25. The number of benzene rings is 2. The number of hydrogen-bond acceptors (Lipinski definition) is 8. The highest BCUT2D eigenvalue weighted by molar-refractivity contribution is 6.27. The van der Waals surface area contributed by atoms with E-state index >= 15 is 0 Å². The molecule has 2 aromatic rings. The molecule has 0 radical (unpaired) electrons. The smallest absolute Gasteiger partial charge is 0.414 e. The summed E-state index contributed by atoms with van der Waals surface area (Å²) in [6, 6.07) is 7.58. The second-order valence-electron chi connectivity index (χ2n) is 7.50. The van der Waals surface area contributed by atoms with Crippen LogP contribution in [0.25, 0.3) is 0 Å². The quantitative estimate of drug-likeness (QED) is 0.643. The fourth-order valence-corrected chi connectivity index (χ4v) is 3.75. The van der Waals surface area contributed by atoms with Crippen LogP contribution in [-0.2, 0) is 29.0 Å². The minimum atomic E-state index is -1.82. The summed E-state index contributed by atoms with van der Waals surface area (Å²) < 4.78 is 22.0. The third-order valence-electron chi connectivity index (χ3n) is 5.37. The summed E-state index contributed by atoms with van der Waals surface area (Å²) in [6.45, 7) is 1.69. The van der Waals surface area contributed by atoms with E-state index in [2.05, 4.69) is 11.9 Å². The zero-order valence-electron chi connectivity index (χ0n) is 18.5. The standard InChI is InChI=1S/C21H23NO5.C2H2O4/c1-22-7-6-14-9-19-20(27-12-26-19)10-15(14)17(23)8-13-4-5-18(24-2)21(25-3)16(13)11-22;3-1(4)2(5)6/h4-5,9-10H,6-8,11-12H2,1-3H3;(H,3,4)(H,5,6). The van der Waals surface area contributed by atoms with Crippen LogP contribution in [0.15, 0.2) is 24.3 Å². The highest BCUT2D eigenvalue weighted by Crippen LogP contribution is 2.38. The third-order valence-corrected chi connectivity index (χ3v) is 5.37. The van der Waals surface area contributed by atoms with Gasteiger partial charge in [0.2, 0.25) is 6.79 Å². The van der Waals surface area contributed by atoms with Crippen molar-refractivity contribution in [3.8, 4) is 23.0 Å². The molecular weight excluding hydrogens is 434 g/mol. The molecular formula is C23H25NO9. The number of Topliss-reactive ketones (excluding diaryl/α,β-unsaturated/α-hetero) is 1. The zero-order valence-corrected chi connectivity index (χ0v) is 18.5. The van der Waals surface area contributed by atoms with Gasteiger partial charge in [-0.3, -0.25) is 4.79 Å². The van der Waals surface area contributed by atoms with Crippen molar-refractivity contribution in [2.45, 2.75) is 19.4 Å². The van der Waals surface area contributed by atoms with Crippen LogP contribution in [0.2, 0.25) is 0 Å². The largest absolute Gasteiger partial charge is 0.493 e. The lowest BCUT2D eigenvalue weighted by atomic mass is 9.92. The Bertz CT molecular complexity index is 1070. The number of nitrogens with zero attached hydrogens (tertiary/aromatic N) is 1. The van der Waals surface area contributed by atoms with Crippen LogP contribution in [0.5, 0.6) is 23.0 Å². The van der Waals surface area contributed by atoms with Crippen LogP contribution >= 0.6 is 0 Å². The number of carboxylic acids is 2. The predicted octanol–water partition coefficient (Wildman–Crippen LogP) is 2.00. The predicted molar refractivity (Wildman–Crippen MR) is 115 cm³/mol. The molecule has 0 aliphatic carbocycles. The first-order valence-electron chi connectivity index (χ1n) is 10.1. The fourth-order valence-electron chi connectivity index (χ4n) is 3.75. The molecule has 2 N–H and O–H groups in total. The van der Waals surface area contributed by atoms with Crippen molar-refractivity contribution < 1.29 is 43.5 Å². The molecule has 33 heavy (non-hydrogen) atoms. The molecule has 4 rings (SSSR count). The SMILES string of the molecule is COc1ccc2c(c1OC)CN(C)CCc1cc3c(cc1C(=O)C2)OCO3.O=C(O)C(=O)O. The Kier molecular flexibility index (Phi) is 7.39. The number of hydrogen-bond donors (Lipinski definition) is 2.